The Kier molecular flexibility index (Phi) is 7.80. The third-order valence-electron chi connectivity index (χ3n) is 2.25. The van der Waals surface area contributed by atoms with Gasteiger partial charge in [-0.2, -0.15) is 26.3 Å². The van der Waals surface area contributed by atoms with E-state index in [4.69, 9.17) is 0 Å². The molecule has 4 nitrogen and oxygen atoms in total. The molecular weight excluding hydrogens is 348 g/mol. The molecule has 0 fully saturated rings. The second kappa shape index (κ2) is 7.94. The monoisotopic (exact) mass is 364 g/mol. The van der Waals surface area contributed by atoms with Gasteiger partial charge in [-0.15, -0.1) is 0 Å². The van der Waals surface area contributed by atoms with Crippen LogP contribution in [0.2, 0.25) is 0 Å². The molecule has 0 aromatic rings. The van der Waals surface area contributed by atoms with Gasteiger partial charge >= 0.3 is 25.8 Å². The summed E-state index contributed by atoms with van der Waals surface area (Å²) in [6.07, 6.45) is -5.30. The zero-order chi connectivity index (χ0) is 17.7. The first-order valence-electron chi connectivity index (χ1n) is 6.18. The number of unbranched alkanes of at least 4 members (excludes halogenated alkanes) is 1. The lowest BCUT2D eigenvalue weighted by Crippen LogP contribution is -2.56. The van der Waals surface area contributed by atoms with Crippen molar-refractivity contribution in [2.24, 2.45) is 0 Å². The van der Waals surface area contributed by atoms with Gasteiger partial charge in [0.15, 0.2) is 6.67 Å². The molecule has 1 unspecified atom stereocenters. The third-order valence-corrected chi connectivity index (χ3v) is 3.78. The number of alkyl halides is 7. The van der Waals surface area contributed by atoms with Crippen LogP contribution in [0, 0.1) is 0 Å². The Morgan fingerprint density at radius 2 is 1.55 bits per heavy atom. The number of phosphoric ester groups is 1. The predicted molar refractivity (Wildman–Crippen MR) is 62.0 cm³/mol. The Balaban J connectivity index is 5.29. The quantitative estimate of drug-likeness (QED) is 0.300. The van der Waals surface area contributed by atoms with Crippen LogP contribution in [0.15, 0.2) is 0 Å². The molecule has 0 aliphatic carbocycles. The van der Waals surface area contributed by atoms with Crippen LogP contribution in [0.4, 0.5) is 30.7 Å². The van der Waals surface area contributed by atoms with Crippen LogP contribution in [-0.2, 0) is 18.1 Å². The molecule has 0 aromatic carbocycles. The van der Waals surface area contributed by atoms with E-state index in [1.165, 1.54) is 0 Å². The van der Waals surface area contributed by atoms with Crippen LogP contribution in [-0.4, -0.2) is 37.8 Å². The fourth-order valence-electron chi connectivity index (χ4n) is 1.06. The molecule has 0 saturated carbocycles. The second-order valence-corrected chi connectivity index (χ2v) is 5.67. The predicted octanol–water partition coefficient (Wildman–Crippen LogP) is 4.80. The number of hydrogen-bond acceptors (Lipinski definition) is 4. The maximum absolute atomic E-state index is 13.3. The Morgan fingerprint density at radius 3 is 1.95 bits per heavy atom. The van der Waals surface area contributed by atoms with E-state index >= 15 is 0 Å². The highest BCUT2D eigenvalue weighted by atomic mass is 31.2. The molecule has 0 aliphatic heterocycles. The van der Waals surface area contributed by atoms with Crippen molar-refractivity contribution in [3.63, 3.8) is 0 Å². The van der Waals surface area contributed by atoms with Gasteiger partial charge < -0.3 is 0 Å². The number of hydrogen-bond donors (Lipinski definition) is 0. The molecule has 0 N–H and O–H groups in total. The van der Waals surface area contributed by atoms with Gasteiger partial charge in [-0.3, -0.25) is 9.05 Å². The summed E-state index contributed by atoms with van der Waals surface area (Å²) in [5.74, 6) is -12.0. The molecule has 0 heterocycles. The zero-order valence-corrected chi connectivity index (χ0v) is 12.7. The molecule has 0 radical (unpaired) electrons. The molecule has 0 saturated heterocycles. The Bertz CT molecular complexity index is 391. The fourth-order valence-corrected chi connectivity index (χ4v) is 2.31. The molecule has 0 bridgehead atoms. The third kappa shape index (κ3) is 5.07. The van der Waals surface area contributed by atoms with Crippen molar-refractivity contribution in [2.45, 2.75) is 44.6 Å². The van der Waals surface area contributed by atoms with E-state index in [9.17, 15) is 35.3 Å². The van der Waals surface area contributed by atoms with Gasteiger partial charge in [-0.1, -0.05) is 13.3 Å². The maximum Gasteiger partial charge on any atom is 0.479 e. The minimum Gasteiger partial charge on any atom is -0.287 e. The second-order valence-electron chi connectivity index (χ2n) is 4.07. The molecule has 0 aromatic heterocycles. The summed E-state index contributed by atoms with van der Waals surface area (Å²) in [5, 5.41) is 0. The van der Waals surface area contributed by atoms with Gasteiger partial charge in [0.25, 0.3) is 0 Å². The van der Waals surface area contributed by atoms with Crippen molar-refractivity contribution in [1.82, 2.24) is 0 Å². The minimum atomic E-state index is -6.25. The van der Waals surface area contributed by atoms with Crippen LogP contribution in [0.3, 0.4) is 0 Å². The van der Waals surface area contributed by atoms with Crippen molar-refractivity contribution in [3.05, 3.63) is 0 Å². The SMILES string of the molecule is CCCCOP(=O)(OCC)OC(F)(F)C(F)(F)C(F)(F)CF. The number of phosphoric acid groups is 1. The van der Waals surface area contributed by atoms with Crippen LogP contribution < -0.4 is 0 Å². The maximum atomic E-state index is 13.3. The molecule has 22 heavy (non-hydrogen) atoms. The molecule has 0 aliphatic rings. The summed E-state index contributed by atoms with van der Waals surface area (Å²) >= 11 is 0. The van der Waals surface area contributed by atoms with Gasteiger partial charge in [0.2, 0.25) is 0 Å². The Labute approximate surface area is 122 Å². The van der Waals surface area contributed by atoms with E-state index in [0.29, 0.717) is 6.42 Å². The molecule has 1 atom stereocenters. The Morgan fingerprint density at radius 1 is 1.00 bits per heavy atom. The summed E-state index contributed by atoms with van der Waals surface area (Å²) in [6.45, 7) is -1.24. The Hall–Kier alpha value is -0.380. The number of halogens is 7. The smallest absolute Gasteiger partial charge is 0.287 e. The molecular formula is C10H16F7O4P. The molecule has 134 valence electrons. The van der Waals surface area contributed by atoms with E-state index in [1.54, 1.807) is 6.92 Å². The number of rotatable bonds is 11. The summed E-state index contributed by atoms with van der Waals surface area (Å²) in [4.78, 5) is 0. The van der Waals surface area contributed by atoms with Gasteiger partial charge in [0, 0.05) is 0 Å². The van der Waals surface area contributed by atoms with Crippen LogP contribution in [0.5, 0.6) is 0 Å². The van der Waals surface area contributed by atoms with Gasteiger partial charge in [0.05, 0.1) is 13.2 Å². The van der Waals surface area contributed by atoms with E-state index in [-0.39, 0.29) is 6.42 Å². The first-order chi connectivity index (χ1) is 9.89. The van der Waals surface area contributed by atoms with E-state index in [1.807, 2.05) is 0 Å². The molecule has 0 amide bonds. The van der Waals surface area contributed by atoms with E-state index in [0.717, 1.165) is 6.92 Å². The lowest BCUT2D eigenvalue weighted by molar-refractivity contribution is -0.377. The highest BCUT2D eigenvalue weighted by molar-refractivity contribution is 7.48. The lowest BCUT2D eigenvalue weighted by Gasteiger charge is -2.32. The molecule has 0 rings (SSSR count). The van der Waals surface area contributed by atoms with E-state index in [2.05, 4.69) is 13.6 Å². The van der Waals surface area contributed by atoms with Crippen molar-refractivity contribution in [1.29, 1.82) is 0 Å². The average molecular weight is 364 g/mol. The zero-order valence-electron chi connectivity index (χ0n) is 11.8. The fraction of sp³-hybridized carbons (Fsp3) is 1.00. The molecule has 0 spiro atoms. The highest BCUT2D eigenvalue weighted by Crippen LogP contribution is 2.58. The average Bonchev–Trinajstić information content (AvgIpc) is 2.38. The minimum absolute atomic E-state index is 0.197. The normalized spacial score (nSPS) is 16.6. The van der Waals surface area contributed by atoms with Gasteiger partial charge in [-0.05, 0) is 13.3 Å². The van der Waals surface area contributed by atoms with Crippen molar-refractivity contribution in [2.75, 3.05) is 19.9 Å². The van der Waals surface area contributed by atoms with Crippen molar-refractivity contribution in [3.8, 4) is 0 Å². The summed E-state index contributed by atoms with van der Waals surface area (Å²) in [7, 11) is -5.23. The largest absolute Gasteiger partial charge is 0.479 e. The van der Waals surface area contributed by atoms with E-state index < -0.39 is 45.7 Å². The van der Waals surface area contributed by atoms with Gasteiger partial charge in [0.1, 0.15) is 0 Å². The van der Waals surface area contributed by atoms with Crippen molar-refractivity contribution >= 4 is 7.82 Å². The first-order valence-corrected chi connectivity index (χ1v) is 7.64. The summed E-state index contributed by atoms with van der Waals surface area (Å²) < 4.78 is 113. The highest BCUT2D eigenvalue weighted by Gasteiger charge is 2.75. The molecule has 12 heteroatoms. The van der Waals surface area contributed by atoms with Crippen LogP contribution in [0.25, 0.3) is 0 Å². The van der Waals surface area contributed by atoms with Crippen LogP contribution in [0.1, 0.15) is 26.7 Å². The van der Waals surface area contributed by atoms with Gasteiger partial charge in [-0.25, -0.2) is 13.5 Å². The summed E-state index contributed by atoms with van der Waals surface area (Å²) in [6, 6.07) is 0. The topological polar surface area (TPSA) is 44.8 Å². The standard InChI is InChI=1S/C10H16F7O4P/c1-3-5-6-20-22(18,19-4-2)21-10(16,17)9(14,15)8(12,13)7-11/h3-7H2,1-2H3. The summed E-state index contributed by atoms with van der Waals surface area (Å²) in [5.41, 5.74) is 0. The van der Waals surface area contributed by atoms with Crippen LogP contribution >= 0.6 is 7.82 Å². The first kappa shape index (κ1) is 21.6. The van der Waals surface area contributed by atoms with Crippen molar-refractivity contribution < 1.29 is 48.9 Å². The lowest BCUT2D eigenvalue weighted by atomic mass is 10.2.